The Morgan fingerprint density at radius 2 is 2.39 bits per heavy atom. The van der Waals surface area contributed by atoms with E-state index in [0.29, 0.717) is 6.42 Å². The summed E-state index contributed by atoms with van der Waals surface area (Å²) < 4.78 is 4.58. The minimum Gasteiger partial charge on any atom is -0.469 e. The van der Waals surface area contributed by atoms with Crippen molar-refractivity contribution in [2.24, 2.45) is 0 Å². The number of hydrogen-bond acceptors (Lipinski definition) is 4. The van der Waals surface area contributed by atoms with E-state index in [0.717, 1.165) is 30.5 Å². The highest BCUT2D eigenvalue weighted by atomic mass is 16.5. The third-order valence-corrected chi connectivity index (χ3v) is 2.78. The Bertz CT molecular complexity index is 522. The lowest BCUT2D eigenvalue weighted by Gasteiger charge is -2.04. The Morgan fingerprint density at radius 3 is 3.22 bits per heavy atom. The first-order valence-electron chi connectivity index (χ1n) is 5.99. The average Bonchev–Trinajstić information content (AvgIpc) is 2.85. The van der Waals surface area contributed by atoms with Crippen molar-refractivity contribution < 1.29 is 9.53 Å². The number of aromatic nitrogens is 2. The largest absolute Gasteiger partial charge is 0.469 e. The summed E-state index contributed by atoms with van der Waals surface area (Å²) in [5.74, 6) is -0.157. The van der Waals surface area contributed by atoms with E-state index in [1.807, 2.05) is 6.07 Å². The van der Waals surface area contributed by atoms with Gasteiger partial charge in [-0.2, -0.15) is 0 Å². The fourth-order valence-electron chi connectivity index (χ4n) is 1.79. The van der Waals surface area contributed by atoms with E-state index >= 15 is 0 Å². The summed E-state index contributed by atoms with van der Waals surface area (Å²) in [5.41, 5.74) is 3.22. The molecule has 0 aliphatic heterocycles. The van der Waals surface area contributed by atoms with Crippen LogP contribution in [0.15, 0.2) is 24.5 Å². The fourth-order valence-corrected chi connectivity index (χ4v) is 1.79. The third kappa shape index (κ3) is 3.30. The summed E-state index contributed by atoms with van der Waals surface area (Å²) in [5, 5.41) is 3.30. The molecule has 18 heavy (non-hydrogen) atoms. The number of methoxy groups -OCH3 is 1. The predicted octanol–water partition coefficient (Wildman–Crippen LogP) is 1.61. The van der Waals surface area contributed by atoms with Crippen LogP contribution in [0.4, 0.5) is 0 Å². The number of esters is 1. The summed E-state index contributed by atoms with van der Waals surface area (Å²) in [4.78, 5) is 18.2. The molecular formula is C13H17N3O2. The molecule has 0 radical (unpaired) electrons. The lowest BCUT2D eigenvalue weighted by atomic mass is 10.2. The van der Waals surface area contributed by atoms with Crippen molar-refractivity contribution in [3.05, 3.63) is 30.1 Å². The molecule has 0 atom stereocenters. The number of ether oxygens (including phenoxy) is 1. The zero-order valence-corrected chi connectivity index (χ0v) is 10.4. The monoisotopic (exact) mass is 247 g/mol. The molecule has 0 unspecified atom stereocenters. The number of fused-ring (bicyclic) bond motifs is 1. The number of nitrogens with zero attached hydrogens (tertiary/aromatic N) is 1. The van der Waals surface area contributed by atoms with Crippen molar-refractivity contribution in [2.75, 3.05) is 13.7 Å². The maximum absolute atomic E-state index is 10.9. The molecule has 2 N–H and O–H groups in total. The van der Waals surface area contributed by atoms with Crippen LogP contribution in [-0.4, -0.2) is 29.6 Å². The van der Waals surface area contributed by atoms with Gasteiger partial charge in [-0.3, -0.25) is 4.79 Å². The van der Waals surface area contributed by atoms with Gasteiger partial charge in [0, 0.05) is 13.0 Å². The number of aromatic amines is 1. The molecular weight excluding hydrogens is 230 g/mol. The zero-order valence-electron chi connectivity index (χ0n) is 10.4. The summed E-state index contributed by atoms with van der Waals surface area (Å²) in [6.07, 6.45) is 2.94. The van der Waals surface area contributed by atoms with Crippen molar-refractivity contribution in [2.45, 2.75) is 19.4 Å². The number of H-pyrrole nitrogens is 1. The Kier molecular flexibility index (Phi) is 4.30. The predicted molar refractivity (Wildman–Crippen MR) is 69.1 cm³/mol. The summed E-state index contributed by atoms with van der Waals surface area (Å²) in [6, 6.07) is 6.13. The van der Waals surface area contributed by atoms with Crippen LogP contribution in [0.1, 0.15) is 18.4 Å². The molecule has 5 heteroatoms. The zero-order chi connectivity index (χ0) is 12.8. The Balaban J connectivity index is 1.74. The number of benzene rings is 1. The minimum atomic E-state index is -0.157. The SMILES string of the molecule is COC(=O)CCCNCc1ccc2nc[nH]c2c1. The van der Waals surface area contributed by atoms with E-state index in [1.54, 1.807) is 6.33 Å². The molecule has 1 aromatic carbocycles. The fraction of sp³-hybridized carbons (Fsp3) is 0.385. The summed E-state index contributed by atoms with van der Waals surface area (Å²) >= 11 is 0. The molecule has 5 nitrogen and oxygen atoms in total. The van der Waals surface area contributed by atoms with Crippen LogP contribution >= 0.6 is 0 Å². The van der Waals surface area contributed by atoms with Gasteiger partial charge >= 0.3 is 5.97 Å². The Morgan fingerprint density at radius 1 is 1.50 bits per heavy atom. The van der Waals surface area contributed by atoms with E-state index in [9.17, 15) is 4.79 Å². The molecule has 0 amide bonds. The van der Waals surface area contributed by atoms with Gasteiger partial charge in [0.15, 0.2) is 0 Å². The quantitative estimate of drug-likeness (QED) is 0.601. The number of carbonyl (C=O) groups is 1. The van der Waals surface area contributed by atoms with Gasteiger partial charge in [0.2, 0.25) is 0 Å². The van der Waals surface area contributed by atoms with Gasteiger partial charge in [-0.25, -0.2) is 4.98 Å². The van der Waals surface area contributed by atoms with Gasteiger partial charge < -0.3 is 15.0 Å². The van der Waals surface area contributed by atoms with Crippen LogP contribution in [0.3, 0.4) is 0 Å². The molecule has 2 rings (SSSR count). The number of rotatable bonds is 6. The van der Waals surface area contributed by atoms with Crippen LogP contribution in [-0.2, 0) is 16.1 Å². The van der Waals surface area contributed by atoms with E-state index in [-0.39, 0.29) is 5.97 Å². The number of nitrogens with one attached hydrogen (secondary N) is 2. The normalized spacial score (nSPS) is 10.7. The lowest BCUT2D eigenvalue weighted by molar-refractivity contribution is -0.140. The summed E-state index contributed by atoms with van der Waals surface area (Å²) in [6.45, 7) is 1.59. The van der Waals surface area contributed by atoms with Crippen molar-refractivity contribution >= 4 is 17.0 Å². The first-order chi connectivity index (χ1) is 8.79. The van der Waals surface area contributed by atoms with E-state index in [4.69, 9.17) is 0 Å². The van der Waals surface area contributed by atoms with E-state index in [2.05, 4.69) is 32.2 Å². The third-order valence-electron chi connectivity index (χ3n) is 2.78. The first-order valence-corrected chi connectivity index (χ1v) is 5.99. The second kappa shape index (κ2) is 6.16. The maximum atomic E-state index is 10.9. The molecule has 0 saturated heterocycles. The molecule has 0 fully saturated rings. The van der Waals surface area contributed by atoms with Gasteiger partial charge in [0.1, 0.15) is 0 Å². The minimum absolute atomic E-state index is 0.157. The average molecular weight is 247 g/mol. The number of imidazole rings is 1. The van der Waals surface area contributed by atoms with E-state index < -0.39 is 0 Å². The van der Waals surface area contributed by atoms with Crippen molar-refractivity contribution in [3.8, 4) is 0 Å². The van der Waals surface area contributed by atoms with Crippen molar-refractivity contribution in [1.29, 1.82) is 0 Å². The standard InChI is InChI=1S/C13H17N3O2/c1-18-13(17)3-2-6-14-8-10-4-5-11-12(7-10)16-9-15-11/h4-5,7,9,14H,2-3,6,8H2,1H3,(H,15,16). The van der Waals surface area contributed by atoms with Gasteiger partial charge in [-0.15, -0.1) is 0 Å². The molecule has 0 aliphatic carbocycles. The van der Waals surface area contributed by atoms with Crippen LogP contribution in [0, 0.1) is 0 Å². The molecule has 0 bridgehead atoms. The van der Waals surface area contributed by atoms with Crippen LogP contribution < -0.4 is 5.32 Å². The van der Waals surface area contributed by atoms with Gasteiger partial charge in [0.25, 0.3) is 0 Å². The van der Waals surface area contributed by atoms with Crippen molar-refractivity contribution in [1.82, 2.24) is 15.3 Å². The van der Waals surface area contributed by atoms with Crippen LogP contribution in [0.25, 0.3) is 11.0 Å². The smallest absolute Gasteiger partial charge is 0.305 e. The number of hydrogen-bond donors (Lipinski definition) is 2. The van der Waals surface area contributed by atoms with E-state index in [1.165, 1.54) is 12.7 Å². The van der Waals surface area contributed by atoms with Crippen molar-refractivity contribution in [3.63, 3.8) is 0 Å². The lowest BCUT2D eigenvalue weighted by Crippen LogP contribution is -2.16. The highest BCUT2D eigenvalue weighted by Crippen LogP contribution is 2.11. The molecule has 0 spiro atoms. The topological polar surface area (TPSA) is 67.0 Å². The van der Waals surface area contributed by atoms with Gasteiger partial charge in [0.05, 0.1) is 24.5 Å². The maximum Gasteiger partial charge on any atom is 0.305 e. The Hall–Kier alpha value is -1.88. The highest BCUT2D eigenvalue weighted by Gasteiger charge is 2.00. The van der Waals surface area contributed by atoms with Crippen LogP contribution in [0.2, 0.25) is 0 Å². The molecule has 0 saturated carbocycles. The second-order valence-corrected chi connectivity index (χ2v) is 4.11. The molecule has 0 aliphatic rings. The molecule has 1 heterocycles. The molecule has 1 aromatic heterocycles. The van der Waals surface area contributed by atoms with Gasteiger partial charge in [-0.05, 0) is 30.7 Å². The number of carbonyl (C=O) groups excluding carboxylic acids is 1. The van der Waals surface area contributed by atoms with Gasteiger partial charge in [-0.1, -0.05) is 6.07 Å². The Labute approximate surface area is 106 Å². The molecule has 2 aromatic rings. The second-order valence-electron chi connectivity index (χ2n) is 4.11. The highest BCUT2D eigenvalue weighted by molar-refractivity contribution is 5.75. The molecule has 96 valence electrons. The first kappa shape index (κ1) is 12.6. The summed E-state index contributed by atoms with van der Waals surface area (Å²) in [7, 11) is 1.41. The van der Waals surface area contributed by atoms with Crippen LogP contribution in [0.5, 0.6) is 0 Å².